The minimum atomic E-state index is -1.26. The molecule has 4 aromatic rings. The molecule has 206 valence electrons. The third-order valence-corrected chi connectivity index (χ3v) is 8.31. The van der Waals surface area contributed by atoms with Crippen LogP contribution in [0.4, 0.5) is 0 Å². The van der Waals surface area contributed by atoms with Crippen LogP contribution in [0.2, 0.25) is 0 Å². The molecule has 2 aliphatic rings. The van der Waals surface area contributed by atoms with E-state index < -0.39 is 18.3 Å². The van der Waals surface area contributed by atoms with Gasteiger partial charge >= 0.3 is 0 Å². The molecule has 6 rings (SSSR count). The number of fused-ring (bicyclic) bond motifs is 3. The zero-order valence-corrected chi connectivity index (χ0v) is 23.0. The topological polar surface area (TPSA) is 71.5 Å². The Bertz CT molecular complexity index is 1410. The molecule has 0 saturated carbocycles. The van der Waals surface area contributed by atoms with Gasteiger partial charge in [0.1, 0.15) is 18.5 Å². The molecule has 2 N–H and O–H groups in total. The van der Waals surface area contributed by atoms with Crippen LogP contribution in [0.3, 0.4) is 0 Å². The van der Waals surface area contributed by atoms with E-state index in [1.165, 1.54) is 27.8 Å². The van der Waals surface area contributed by atoms with Crippen LogP contribution in [0.1, 0.15) is 54.5 Å². The number of aliphatic hydroxyl groups excluding tert-OH is 2. The van der Waals surface area contributed by atoms with Crippen molar-refractivity contribution in [3.63, 3.8) is 0 Å². The lowest BCUT2D eigenvalue weighted by molar-refractivity contribution is -0.0548. The third-order valence-electron chi connectivity index (χ3n) is 8.31. The molecule has 0 bridgehead atoms. The van der Waals surface area contributed by atoms with Crippen molar-refractivity contribution in [1.29, 1.82) is 0 Å². The van der Waals surface area contributed by atoms with Gasteiger partial charge in [-0.2, -0.15) is 0 Å². The largest absolute Gasteiger partial charge is 0.463 e. The molecule has 0 amide bonds. The van der Waals surface area contributed by atoms with Gasteiger partial charge in [-0.05, 0) is 64.4 Å². The van der Waals surface area contributed by atoms with E-state index in [4.69, 9.17) is 14.2 Å². The molecular formula is C35H36O5. The van der Waals surface area contributed by atoms with Gasteiger partial charge in [0.05, 0.1) is 24.2 Å². The number of rotatable bonds is 11. The van der Waals surface area contributed by atoms with Gasteiger partial charge < -0.3 is 24.4 Å². The Kier molecular flexibility index (Phi) is 7.24. The Morgan fingerprint density at radius 2 is 1.43 bits per heavy atom. The fourth-order valence-corrected chi connectivity index (χ4v) is 6.29. The maximum atomic E-state index is 9.79. The van der Waals surface area contributed by atoms with Crippen LogP contribution >= 0.6 is 0 Å². The van der Waals surface area contributed by atoms with Crippen molar-refractivity contribution in [2.24, 2.45) is 0 Å². The second kappa shape index (κ2) is 10.8. The summed E-state index contributed by atoms with van der Waals surface area (Å²) < 4.78 is 17.3. The summed E-state index contributed by atoms with van der Waals surface area (Å²) in [5.41, 5.74) is 7.41. The Hall–Kier alpha value is -3.48. The number of benzene rings is 4. The first-order valence-corrected chi connectivity index (χ1v) is 14.1. The molecule has 3 atom stereocenters. The van der Waals surface area contributed by atoms with Gasteiger partial charge in [-0.25, -0.2) is 0 Å². The highest BCUT2D eigenvalue weighted by atomic mass is 16.6. The maximum absolute atomic E-state index is 9.79. The van der Waals surface area contributed by atoms with E-state index in [1.54, 1.807) is 0 Å². The number of ether oxygens (including phenoxy) is 3. The van der Waals surface area contributed by atoms with Gasteiger partial charge in [-0.3, -0.25) is 0 Å². The number of epoxide rings is 1. The maximum Gasteiger partial charge on any atom is 0.220 e. The van der Waals surface area contributed by atoms with E-state index in [-0.39, 0.29) is 11.7 Å². The van der Waals surface area contributed by atoms with Crippen LogP contribution in [-0.2, 0) is 20.5 Å². The average molecular weight is 537 g/mol. The van der Waals surface area contributed by atoms with Crippen LogP contribution in [-0.4, -0.2) is 42.4 Å². The van der Waals surface area contributed by atoms with Gasteiger partial charge in [0.2, 0.25) is 6.29 Å². The highest BCUT2D eigenvalue weighted by Gasteiger charge is 2.46. The van der Waals surface area contributed by atoms with E-state index in [9.17, 15) is 10.2 Å². The van der Waals surface area contributed by atoms with Crippen molar-refractivity contribution < 1.29 is 24.4 Å². The number of aliphatic hydroxyl groups is 2. The Morgan fingerprint density at radius 1 is 0.875 bits per heavy atom. The second-order valence-corrected chi connectivity index (χ2v) is 10.9. The molecule has 1 heterocycles. The molecular weight excluding hydrogens is 500 g/mol. The first kappa shape index (κ1) is 26.7. The van der Waals surface area contributed by atoms with Gasteiger partial charge in [0, 0.05) is 0 Å². The monoisotopic (exact) mass is 536 g/mol. The van der Waals surface area contributed by atoms with Crippen LogP contribution in [0.5, 0.6) is 5.75 Å². The molecule has 5 nitrogen and oxygen atoms in total. The molecule has 0 spiro atoms. The van der Waals surface area contributed by atoms with E-state index in [0.717, 1.165) is 30.6 Å². The standard InChI is InChI=1S/C35H36O5/c1-3-20-34(2,39-23-28-22-38-28)24-12-14-25(15-13-24)35(26-16-18-27(19-17-26)40-33(37)21-36)31-10-6-4-8-29(31)30-9-5-7-11-32(30)35/h4-19,28,33,36-37H,3,20-23H2,1-2H3. The average Bonchev–Trinajstić information content (AvgIpc) is 3.78. The lowest BCUT2D eigenvalue weighted by atomic mass is 9.67. The van der Waals surface area contributed by atoms with Gasteiger partial charge in [0.25, 0.3) is 0 Å². The summed E-state index contributed by atoms with van der Waals surface area (Å²) in [5.74, 6) is 0.502. The fraction of sp³-hybridized carbons (Fsp3) is 0.314. The van der Waals surface area contributed by atoms with Gasteiger partial charge in [-0.15, -0.1) is 0 Å². The molecule has 4 aromatic carbocycles. The minimum Gasteiger partial charge on any atom is -0.463 e. The molecule has 5 heteroatoms. The molecule has 1 fully saturated rings. The van der Waals surface area contributed by atoms with E-state index in [2.05, 4.69) is 98.8 Å². The molecule has 1 saturated heterocycles. The zero-order valence-electron chi connectivity index (χ0n) is 23.0. The Balaban J connectivity index is 1.49. The van der Waals surface area contributed by atoms with Gasteiger partial charge in [-0.1, -0.05) is 98.3 Å². The highest BCUT2D eigenvalue weighted by molar-refractivity contribution is 5.86. The quantitative estimate of drug-likeness (QED) is 0.156. The highest BCUT2D eigenvalue weighted by Crippen LogP contribution is 2.56. The molecule has 0 aromatic heterocycles. The first-order valence-electron chi connectivity index (χ1n) is 14.1. The van der Waals surface area contributed by atoms with E-state index in [1.807, 2.05) is 12.1 Å². The molecule has 1 aliphatic carbocycles. The van der Waals surface area contributed by atoms with Crippen LogP contribution in [0.25, 0.3) is 11.1 Å². The number of hydrogen-bond donors (Lipinski definition) is 2. The SMILES string of the molecule is CCCC(C)(OCC1CO1)c1ccc(C2(c3ccc(OC(O)CO)cc3)c3ccccc3-c3ccccc32)cc1. The summed E-state index contributed by atoms with van der Waals surface area (Å²) in [4.78, 5) is 0. The predicted octanol–water partition coefficient (Wildman–Crippen LogP) is 6.17. The lowest BCUT2D eigenvalue weighted by Gasteiger charge is -2.35. The van der Waals surface area contributed by atoms with Crippen molar-refractivity contribution in [2.45, 2.75) is 50.1 Å². The summed E-state index contributed by atoms with van der Waals surface area (Å²) in [5, 5.41) is 19.0. The smallest absolute Gasteiger partial charge is 0.220 e. The summed E-state index contributed by atoms with van der Waals surface area (Å²) in [6.45, 7) is 5.31. The fourth-order valence-electron chi connectivity index (χ4n) is 6.29. The molecule has 0 radical (unpaired) electrons. The zero-order chi connectivity index (χ0) is 27.7. The summed E-state index contributed by atoms with van der Waals surface area (Å²) in [6.07, 6.45) is 0.910. The lowest BCUT2D eigenvalue weighted by Crippen LogP contribution is -2.30. The summed E-state index contributed by atoms with van der Waals surface area (Å²) in [7, 11) is 0. The second-order valence-electron chi connectivity index (χ2n) is 10.9. The first-order chi connectivity index (χ1) is 19.5. The van der Waals surface area contributed by atoms with E-state index >= 15 is 0 Å². The number of hydrogen-bond acceptors (Lipinski definition) is 5. The van der Waals surface area contributed by atoms with Crippen molar-refractivity contribution in [2.75, 3.05) is 19.8 Å². The molecule has 1 aliphatic heterocycles. The Labute approximate surface area is 236 Å². The van der Waals surface area contributed by atoms with Gasteiger partial charge in [0.15, 0.2) is 0 Å². The minimum absolute atomic E-state index is 0.218. The Morgan fingerprint density at radius 3 is 1.95 bits per heavy atom. The van der Waals surface area contributed by atoms with Crippen molar-refractivity contribution in [3.05, 3.63) is 125 Å². The summed E-state index contributed by atoms with van der Waals surface area (Å²) in [6, 6.07) is 34.0. The van der Waals surface area contributed by atoms with E-state index in [0.29, 0.717) is 12.4 Å². The normalized spacial score (nSPS) is 18.9. The molecule has 40 heavy (non-hydrogen) atoms. The van der Waals surface area contributed by atoms with Crippen LogP contribution in [0.15, 0.2) is 97.1 Å². The van der Waals surface area contributed by atoms with Crippen molar-refractivity contribution in [1.82, 2.24) is 0 Å². The summed E-state index contributed by atoms with van der Waals surface area (Å²) >= 11 is 0. The molecule has 3 unspecified atom stereocenters. The van der Waals surface area contributed by atoms with Crippen LogP contribution in [0, 0.1) is 0 Å². The van der Waals surface area contributed by atoms with Crippen LogP contribution < -0.4 is 4.74 Å². The predicted molar refractivity (Wildman–Crippen MR) is 155 cm³/mol. The van der Waals surface area contributed by atoms with Crippen molar-refractivity contribution >= 4 is 0 Å². The van der Waals surface area contributed by atoms with Crippen molar-refractivity contribution in [3.8, 4) is 16.9 Å². The third kappa shape index (κ3) is 4.63.